The quantitative estimate of drug-likeness (QED) is 0.494. The maximum Gasteiger partial charge on any atom is 0.122 e. The average Bonchev–Trinajstić information content (AvgIpc) is 2.14. The molecule has 13 heavy (non-hydrogen) atoms. The first-order valence-electron chi connectivity index (χ1n) is 4.03. The Morgan fingerprint density at radius 3 is 1.62 bits per heavy atom. The maximum absolute atomic E-state index is 7.27. The third kappa shape index (κ3) is 3.38. The van der Waals surface area contributed by atoms with E-state index in [0.29, 0.717) is 0 Å². The van der Waals surface area contributed by atoms with E-state index < -0.39 is 0 Å². The summed E-state index contributed by atoms with van der Waals surface area (Å²) >= 11 is 0. The lowest BCUT2D eigenvalue weighted by Crippen LogP contribution is -2.09. The van der Waals surface area contributed by atoms with Crippen LogP contribution in [0.1, 0.15) is 5.56 Å². The monoisotopic (exact) mass is 172 g/mol. The van der Waals surface area contributed by atoms with Gasteiger partial charge in [0, 0.05) is 5.56 Å². The van der Waals surface area contributed by atoms with Gasteiger partial charge in [-0.1, -0.05) is 54.6 Å². The number of amidine groups is 1. The van der Waals surface area contributed by atoms with Crippen LogP contribution in [-0.4, -0.2) is 5.84 Å². The van der Waals surface area contributed by atoms with Crippen LogP contribution in [0.5, 0.6) is 0 Å². The van der Waals surface area contributed by atoms with Crippen molar-refractivity contribution >= 4 is 5.84 Å². The van der Waals surface area contributed by atoms with Crippen molar-refractivity contribution in [2.75, 3.05) is 0 Å². The summed E-state index contributed by atoms with van der Waals surface area (Å²) < 4.78 is 0. The summed E-state index contributed by atoms with van der Waals surface area (Å²) in [5, 5.41) is 7.27. The van der Waals surface area contributed by atoms with Crippen molar-refractivity contribution in [3.63, 3.8) is 0 Å². The van der Waals surface area contributed by atoms with Crippen LogP contribution >= 0.6 is 0 Å². The van der Waals surface area contributed by atoms with Crippen LogP contribution in [0.3, 0.4) is 0 Å². The molecule has 0 spiro atoms. The van der Waals surface area contributed by atoms with Crippen molar-refractivity contribution in [2.45, 2.75) is 0 Å². The highest BCUT2D eigenvalue weighted by Gasteiger charge is 1.87. The van der Waals surface area contributed by atoms with Crippen molar-refractivity contribution in [1.29, 1.82) is 5.41 Å². The summed E-state index contributed by atoms with van der Waals surface area (Å²) in [6.07, 6.45) is 0. The molecule has 0 saturated carbocycles. The number of nitrogen functional groups attached to an aromatic ring is 1. The first-order valence-corrected chi connectivity index (χ1v) is 4.03. The topological polar surface area (TPSA) is 49.9 Å². The molecule has 0 aliphatic carbocycles. The lowest BCUT2D eigenvalue weighted by Gasteiger charge is -1.91. The Kier molecular flexibility index (Phi) is 3.51. The minimum Gasteiger partial charge on any atom is -0.384 e. The van der Waals surface area contributed by atoms with E-state index in [-0.39, 0.29) is 5.84 Å². The Morgan fingerprint density at radius 1 is 0.846 bits per heavy atom. The summed E-state index contributed by atoms with van der Waals surface area (Å²) in [4.78, 5) is 0. The number of hydrogen-bond donors (Lipinski definition) is 2. The van der Waals surface area contributed by atoms with Crippen LogP contribution in [0.2, 0.25) is 0 Å². The second kappa shape index (κ2) is 4.93. The molecule has 0 aromatic heterocycles. The SMILES string of the molecule is N=C(N)c1ccccccccc1. The van der Waals surface area contributed by atoms with E-state index in [4.69, 9.17) is 11.1 Å². The van der Waals surface area contributed by atoms with Crippen LogP contribution in [0, 0.1) is 5.41 Å². The molecule has 2 heteroatoms. The van der Waals surface area contributed by atoms with Crippen molar-refractivity contribution in [1.82, 2.24) is 0 Å². The fourth-order valence-electron chi connectivity index (χ4n) is 0.874. The zero-order chi connectivity index (χ0) is 9.52. The Morgan fingerprint density at radius 2 is 1.23 bits per heavy atom. The standard InChI is InChI=1S/C11H12N2/c12-11(13)10-8-6-4-2-1-3-5-7-9-10/h1-9H,(H3,12,13). The molecule has 0 bridgehead atoms. The molecule has 0 aliphatic heterocycles. The first-order chi connectivity index (χ1) is 6.30. The Labute approximate surface area is 77.9 Å². The lowest BCUT2D eigenvalue weighted by atomic mass is 10.2. The molecule has 2 nitrogen and oxygen atoms in total. The second-order valence-electron chi connectivity index (χ2n) is 2.55. The first kappa shape index (κ1) is 9.26. The van der Waals surface area contributed by atoms with Gasteiger partial charge in [0.05, 0.1) is 0 Å². The third-order valence-electron chi connectivity index (χ3n) is 1.53. The molecule has 0 radical (unpaired) electrons. The molecule has 0 fully saturated rings. The Balaban J connectivity index is 3.19. The molecule has 1 rings (SSSR count). The van der Waals surface area contributed by atoms with Gasteiger partial charge in [0.2, 0.25) is 0 Å². The van der Waals surface area contributed by atoms with E-state index in [0.717, 1.165) is 5.56 Å². The van der Waals surface area contributed by atoms with Crippen molar-refractivity contribution in [2.24, 2.45) is 5.73 Å². The molecule has 0 atom stereocenters. The van der Waals surface area contributed by atoms with Crippen molar-refractivity contribution < 1.29 is 0 Å². The van der Waals surface area contributed by atoms with Gasteiger partial charge < -0.3 is 5.73 Å². The molecule has 0 saturated heterocycles. The molecular weight excluding hydrogens is 160 g/mol. The average molecular weight is 172 g/mol. The summed E-state index contributed by atoms with van der Waals surface area (Å²) in [5.41, 5.74) is 6.08. The van der Waals surface area contributed by atoms with Crippen molar-refractivity contribution in [3.05, 3.63) is 60.2 Å². The second-order valence-corrected chi connectivity index (χ2v) is 2.55. The van der Waals surface area contributed by atoms with Gasteiger partial charge in [0.25, 0.3) is 0 Å². The van der Waals surface area contributed by atoms with E-state index in [1.165, 1.54) is 0 Å². The predicted octanol–water partition coefficient (Wildman–Crippen LogP) is 2.10. The molecule has 1 aromatic rings. The van der Waals surface area contributed by atoms with E-state index in [9.17, 15) is 0 Å². The van der Waals surface area contributed by atoms with Gasteiger partial charge in [-0.2, -0.15) is 0 Å². The van der Waals surface area contributed by atoms with Gasteiger partial charge >= 0.3 is 0 Å². The minimum atomic E-state index is 0.0823. The highest BCUT2D eigenvalue weighted by molar-refractivity contribution is 5.94. The van der Waals surface area contributed by atoms with Gasteiger partial charge in [0.15, 0.2) is 0 Å². The molecule has 0 heterocycles. The van der Waals surface area contributed by atoms with Crippen LogP contribution in [0.15, 0.2) is 54.6 Å². The van der Waals surface area contributed by atoms with E-state index in [1.807, 2.05) is 54.6 Å². The summed E-state index contributed by atoms with van der Waals surface area (Å²) in [7, 11) is 0. The third-order valence-corrected chi connectivity index (χ3v) is 1.53. The van der Waals surface area contributed by atoms with Crippen LogP contribution < -0.4 is 5.73 Å². The highest BCUT2D eigenvalue weighted by Crippen LogP contribution is 1.92. The fourth-order valence-corrected chi connectivity index (χ4v) is 0.874. The minimum absolute atomic E-state index is 0.0823. The molecule has 0 amide bonds. The highest BCUT2D eigenvalue weighted by atomic mass is 14.7. The predicted molar refractivity (Wildman–Crippen MR) is 55.1 cm³/mol. The van der Waals surface area contributed by atoms with Crippen LogP contribution in [-0.2, 0) is 0 Å². The van der Waals surface area contributed by atoms with Crippen LogP contribution in [0.4, 0.5) is 0 Å². The molecule has 3 N–H and O–H groups in total. The van der Waals surface area contributed by atoms with Gasteiger partial charge in [-0.15, -0.1) is 0 Å². The van der Waals surface area contributed by atoms with E-state index in [1.54, 1.807) is 0 Å². The van der Waals surface area contributed by atoms with Gasteiger partial charge in [-0.25, -0.2) is 0 Å². The smallest absolute Gasteiger partial charge is 0.122 e. The molecular formula is C11H12N2. The van der Waals surface area contributed by atoms with Gasteiger partial charge in [-0.05, 0) is 0 Å². The molecule has 0 aliphatic rings. The van der Waals surface area contributed by atoms with Gasteiger partial charge in [0.1, 0.15) is 5.84 Å². The van der Waals surface area contributed by atoms with Crippen LogP contribution in [0.25, 0.3) is 0 Å². The van der Waals surface area contributed by atoms with Crippen molar-refractivity contribution in [3.8, 4) is 0 Å². The van der Waals surface area contributed by atoms with E-state index in [2.05, 4.69) is 0 Å². The summed E-state index contributed by atoms with van der Waals surface area (Å²) in [6.45, 7) is 0. The Bertz CT molecular complexity index is 319. The van der Waals surface area contributed by atoms with Gasteiger partial charge in [-0.3, -0.25) is 5.41 Å². The molecule has 1 aromatic carbocycles. The fraction of sp³-hybridized carbons (Fsp3) is 0. The lowest BCUT2D eigenvalue weighted by molar-refractivity contribution is 1.43. The summed E-state index contributed by atoms with van der Waals surface area (Å²) in [6, 6.07) is 16.9. The normalized spacial score (nSPS) is 8.62. The zero-order valence-electron chi connectivity index (χ0n) is 7.27. The molecule has 0 unspecified atom stereocenters. The summed E-state index contributed by atoms with van der Waals surface area (Å²) in [5.74, 6) is 0.0823. The Hall–Kier alpha value is -1.83. The number of rotatable bonds is 1. The number of nitrogens with two attached hydrogens (primary N) is 1. The zero-order valence-corrected chi connectivity index (χ0v) is 7.27. The maximum atomic E-state index is 7.27. The number of nitrogens with one attached hydrogen (secondary N) is 1. The largest absolute Gasteiger partial charge is 0.384 e. The molecule has 66 valence electrons. The number of hydrogen-bond acceptors (Lipinski definition) is 1. The van der Waals surface area contributed by atoms with E-state index >= 15 is 0 Å².